The lowest BCUT2D eigenvalue weighted by Crippen LogP contribution is -1.93. The molecule has 1 heterocycles. The Morgan fingerprint density at radius 1 is 0.929 bits per heavy atom. The maximum atomic E-state index is 4.60. The van der Waals surface area contributed by atoms with E-state index in [9.17, 15) is 0 Å². The molecule has 0 aliphatic heterocycles. The van der Waals surface area contributed by atoms with E-state index >= 15 is 0 Å². The molecule has 0 saturated heterocycles. The van der Waals surface area contributed by atoms with Crippen molar-refractivity contribution >= 4 is 11.1 Å². The van der Waals surface area contributed by atoms with Crippen LogP contribution < -0.4 is 0 Å². The summed E-state index contributed by atoms with van der Waals surface area (Å²) in [5, 5.41) is 4.50. The molecule has 2 rings (SSSR count). The Bertz CT molecular complexity index is 1060. The van der Waals surface area contributed by atoms with Crippen molar-refractivity contribution in [3.05, 3.63) is 101 Å². The van der Waals surface area contributed by atoms with Gasteiger partial charge in [0, 0.05) is 18.3 Å². The highest BCUT2D eigenvalue weighted by Crippen LogP contribution is 2.21. The molecule has 0 aliphatic rings. The minimum Gasteiger partial charge on any atom is -0.272 e. The normalized spacial score (nSPS) is 9.40. The molecule has 0 saturated carbocycles. The van der Waals surface area contributed by atoms with Crippen LogP contribution in [0.1, 0.15) is 129 Å². The van der Waals surface area contributed by atoms with E-state index in [1.165, 1.54) is 65.6 Å². The monoisotopic (exact) mass is 575 g/mol. The van der Waals surface area contributed by atoms with Crippen molar-refractivity contribution in [2.24, 2.45) is 7.05 Å². The molecule has 2 heteroatoms. The average molecular weight is 575 g/mol. The highest BCUT2D eigenvalue weighted by atomic mass is 15.3. The number of aromatic nitrogens is 2. The maximum Gasteiger partial charge on any atom is 0.0954 e. The van der Waals surface area contributed by atoms with Gasteiger partial charge in [0.15, 0.2) is 0 Å². The third kappa shape index (κ3) is 21.4. The Kier molecular flexibility index (Phi) is 35.0. The van der Waals surface area contributed by atoms with Gasteiger partial charge in [-0.25, -0.2) is 0 Å². The maximum absolute atomic E-state index is 4.60. The Hall–Kier alpha value is -3.31. The zero-order valence-corrected chi connectivity index (χ0v) is 30.1. The number of rotatable bonds is 9. The van der Waals surface area contributed by atoms with Crippen LogP contribution in [0.4, 0.5) is 0 Å². The zero-order valence-electron chi connectivity index (χ0n) is 30.1. The molecule has 2 nitrogen and oxygen atoms in total. The largest absolute Gasteiger partial charge is 0.272 e. The fourth-order valence-corrected chi connectivity index (χ4v) is 3.53. The molecule has 0 spiro atoms. The summed E-state index contributed by atoms with van der Waals surface area (Å²) in [5.41, 5.74) is 9.65. The van der Waals surface area contributed by atoms with Crippen molar-refractivity contribution in [1.82, 2.24) is 9.78 Å². The molecule has 2 aromatic rings. The minimum atomic E-state index is 1.04. The summed E-state index contributed by atoms with van der Waals surface area (Å²) in [6, 6.07) is 8.53. The number of aryl methyl sites for hydroxylation is 2. The van der Waals surface area contributed by atoms with Gasteiger partial charge in [-0.2, -0.15) is 5.10 Å². The molecule has 236 valence electrons. The first-order valence-electron chi connectivity index (χ1n) is 15.8. The summed E-state index contributed by atoms with van der Waals surface area (Å²) in [6.45, 7) is 34.2. The summed E-state index contributed by atoms with van der Waals surface area (Å²) < 4.78 is 1.91. The predicted octanol–water partition coefficient (Wildman–Crippen LogP) is 12.8. The van der Waals surface area contributed by atoms with Gasteiger partial charge in [-0.05, 0) is 65.2 Å². The third-order valence-corrected chi connectivity index (χ3v) is 5.86. The van der Waals surface area contributed by atoms with Crippen molar-refractivity contribution < 1.29 is 0 Å². The number of unbranched alkanes of at least 4 members (excludes halogenated alkanes) is 4. The van der Waals surface area contributed by atoms with Gasteiger partial charge in [-0.1, -0.05) is 153 Å². The van der Waals surface area contributed by atoms with E-state index in [1.807, 2.05) is 64.6 Å². The fraction of sp³-hybridized carbons (Fsp3) is 0.475. The van der Waals surface area contributed by atoms with Crippen LogP contribution in [0.5, 0.6) is 0 Å². The molecule has 0 atom stereocenters. The molecule has 42 heavy (non-hydrogen) atoms. The summed E-state index contributed by atoms with van der Waals surface area (Å²) in [7, 11) is 1.97. The number of hydrogen-bond acceptors (Lipinski definition) is 1. The molecule has 1 aromatic heterocycles. The van der Waals surface area contributed by atoms with Gasteiger partial charge >= 0.3 is 0 Å². The van der Waals surface area contributed by atoms with Crippen molar-refractivity contribution in [2.45, 2.75) is 122 Å². The zero-order chi connectivity index (χ0) is 33.5. The van der Waals surface area contributed by atoms with Gasteiger partial charge in [-0.3, -0.25) is 4.68 Å². The molecule has 0 unspecified atom stereocenters. The second kappa shape index (κ2) is 32.2. The van der Waals surface area contributed by atoms with Gasteiger partial charge in [0.2, 0.25) is 0 Å². The highest BCUT2D eigenvalue weighted by molar-refractivity contribution is 5.76. The van der Waals surface area contributed by atoms with Crippen molar-refractivity contribution in [3.8, 4) is 12.3 Å². The fourth-order valence-electron chi connectivity index (χ4n) is 3.53. The Balaban J connectivity index is -0.000000243. The van der Waals surface area contributed by atoms with E-state index in [0.29, 0.717) is 0 Å². The van der Waals surface area contributed by atoms with E-state index in [-0.39, 0.29) is 0 Å². The highest BCUT2D eigenvalue weighted by Gasteiger charge is 2.10. The van der Waals surface area contributed by atoms with Crippen LogP contribution in [-0.2, 0) is 7.05 Å². The summed E-state index contributed by atoms with van der Waals surface area (Å²) >= 11 is 0. The van der Waals surface area contributed by atoms with Gasteiger partial charge in [0.1, 0.15) is 0 Å². The molecule has 1 aromatic carbocycles. The molecule has 0 aliphatic carbocycles. The number of terminal acetylenes is 1. The van der Waals surface area contributed by atoms with Crippen LogP contribution in [-0.4, -0.2) is 9.78 Å². The molecule has 0 amide bonds. The lowest BCUT2D eigenvalue weighted by molar-refractivity contribution is 0.656. The topological polar surface area (TPSA) is 17.8 Å². The van der Waals surface area contributed by atoms with E-state index < -0.39 is 0 Å². The molecule has 0 fully saturated rings. The number of benzene rings is 1. The Morgan fingerprint density at radius 3 is 1.71 bits per heavy atom. The van der Waals surface area contributed by atoms with Crippen LogP contribution in [0, 0.1) is 33.1 Å². The van der Waals surface area contributed by atoms with E-state index in [2.05, 4.69) is 109 Å². The Morgan fingerprint density at radius 2 is 1.40 bits per heavy atom. The van der Waals surface area contributed by atoms with Crippen LogP contribution in [0.25, 0.3) is 11.1 Å². The van der Waals surface area contributed by atoms with Crippen LogP contribution >= 0.6 is 0 Å². The number of hydrogen-bond donors (Lipinski definition) is 0. The second-order valence-corrected chi connectivity index (χ2v) is 9.37. The van der Waals surface area contributed by atoms with Gasteiger partial charge in [0.25, 0.3) is 0 Å². The first-order chi connectivity index (χ1) is 20.1. The molecule has 0 N–H and O–H groups in total. The molecular formula is C40H66N2. The lowest BCUT2D eigenvalue weighted by atomic mass is 10.0. The SMILES string of the molecule is C#CC.C=C/C=C(\C=C/C)c1nn(C)c(C)c1C.C=CC(=C(C)C)c1ccc(C)cc1.CC.CC.CCCCCCC. The first-order valence-corrected chi connectivity index (χ1v) is 15.8. The summed E-state index contributed by atoms with van der Waals surface area (Å²) in [4.78, 5) is 0. The molecule has 0 radical (unpaired) electrons. The van der Waals surface area contributed by atoms with Crippen molar-refractivity contribution in [1.29, 1.82) is 0 Å². The standard InChI is InChI=1S/C13H18N2.C13H16.C7H16.C3H4.2C2H6/c1-6-8-12(9-7-2)13-10(3)11(4)15(5)14-13;1-5-13(10(2)3)12-8-6-11(4)7-9-12;1-3-5-7-6-4-2;1-3-2;2*1-2/h6-9H,1H2,2-5H3;5-9H,1H2,2-4H3;3-7H2,1-2H3;1H,2H3;2*1-2H3/b9-7-,12-8+;;;;;. The number of nitrogens with zero attached hydrogens (tertiary/aromatic N) is 2. The third-order valence-electron chi connectivity index (χ3n) is 5.86. The van der Waals surface area contributed by atoms with Crippen LogP contribution in [0.15, 0.2) is 73.4 Å². The minimum absolute atomic E-state index is 1.04. The van der Waals surface area contributed by atoms with Gasteiger partial charge in [0.05, 0.1) is 5.69 Å². The van der Waals surface area contributed by atoms with Crippen molar-refractivity contribution in [3.63, 3.8) is 0 Å². The van der Waals surface area contributed by atoms with E-state index in [0.717, 1.165) is 11.3 Å². The second-order valence-electron chi connectivity index (χ2n) is 9.37. The lowest BCUT2D eigenvalue weighted by Gasteiger charge is -2.05. The smallest absolute Gasteiger partial charge is 0.0954 e. The Labute approximate surface area is 263 Å². The molecular weight excluding hydrogens is 508 g/mol. The van der Waals surface area contributed by atoms with Gasteiger partial charge in [-0.15, -0.1) is 12.3 Å². The van der Waals surface area contributed by atoms with Crippen molar-refractivity contribution in [2.75, 3.05) is 0 Å². The molecule has 0 bridgehead atoms. The quantitative estimate of drug-likeness (QED) is 0.165. The van der Waals surface area contributed by atoms with Crippen LogP contribution in [0.2, 0.25) is 0 Å². The van der Waals surface area contributed by atoms with E-state index in [1.54, 1.807) is 13.0 Å². The average Bonchev–Trinajstić information content (AvgIpc) is 3.25. The summed E-state index contributed by atoms with van der Waals surface area (Å²) in [5.74, 6) is 2.25. The van der Waals surface area contributed by atoms with Crippen LogP contribution in [0.3, 0.4) is 0 Å². The van der Waals surface area contributed by atoms with Gasteiger partial charge < -0.3 is 0 Å². The first kappa shape index (κ1) is 45.7. The number of allylic oxidation sites excluding steroid dienone is 8. The van der Waals surface area contributed by atoms with E-state index in [4.69, 9.17) is 0 Å². The predicted molar refractivity (Wildman–Crippen MR) is 197 cm³/mol. The summed E-state index contributed by atoms with van der Waals surface area (Å²) in [6.07, 6.45) is 21.4.